The van der Waals surface area contributed by atoms with Crippen molar-refractivity contribution in [1.82, 2.24) is 15.0 Å². The summed E-state index contributed by atoms with van der Waals surface area (Å²) in [7, 11) is 0. The van der Waals surface area contributed by atoms with Crippen LogP contribution in [0.1, 0.15) is 25.7 Å². The molecule has 3 N–H and O–H groups in total. The molecule has 7 rings (SSSR count). The lowest BCUT2D eigenvalue weighted by Crippen LogP contribution is -2.51. The summed E-state index contributed by atoms with van der Waals surface area (Å²) in [4.78, 5) is 24.2. The van der Waals surface area contributed by atoms with Crippen LogP contribution < -0.4 is 5.32 Å². The molecule has 2 aromatic carbocycles. The van der Waals surface area contributed by atoms with E-state index < -0.39 is 29.3 Å². The van der Waals surface area contributed by atoms with Crippen molar-refractivity contribution in [2.45, 2.75) is 31.7 Å². The van der Waals surface area contributed by atoms with Crippen LogP contribution >= 0.6 is 0 Å². The Bertz CT molecular complexity index is 1460. The number of nitrogens with one attached hydrogen (secondary N) is 2. The number of hydrogen-bond donors (Lipinski definition) is 3. The molecule has 2 aromatic heterocycles. The first-order chi connectivity index (χ1) is 17.4. The van der Waals surface area contributed by atoms with Crippen LogP contribution in [0.5, 0.6) is 0 Å². The van der Waals surface area contributed by atoms with Crippen LogP contribution in [-0.4, -0.2) is 32.1 Å². The van der Waals surface area contributed by atoms with Gasteiger partial charge in [-0.15, -0.1) is 0 Å². The normalized spacial score (nSPS) is 23.2. The highest BCUT2D eigenvalue weighted by atomic mass is 19.1. The van der Waals surface area contributed by atoms with Gasteiger partial charge in [0.15, 0.2) is 5.82 Å². The third-order valence-corrected chi connectivity index (χ3v) is 7.63. The van der Waals surface area contributed by atoms with E-state index in [0.717, 1.165) is 31.7 Å². The third-order valence-electron chi connectivity index (χ3n) is 7.63. The number of nitrogens with zero attached hydrogens (tertiary/aromatic N) is 2. The number of H-pyrrole nitrogens is 1. The Hall–Kier alpha value is -3.88. The van der Waals surface area contributed by atoms with Crippen LogP contribution in [0, 0.1) is 35.2 Å². The fraction of sp³-hybridized carbons (Fsp3) is 0.296. The van der Waals surface area contributed by atoms with Crippen LogP contribution in [0.3, 0.4) is 0 Å². The highest BCUT2D eigenvalue weighted by Gasteiger charge is 2.47. The van der Waals surface area contributed by atoms with Gasteiger partial charge in [-0.1, -0.05) is 0 Å². The lowest BCUT2D eigenvalue weighted by atomic mass is 9.61. The number of anilines is 1. The first-order valence-electron chi connectivity index (χ1n) is 12.0. The molecule has 0 amide bonds. The van der Waals surface area contributed by atoms with Gasteiger partial charge in [0.1, 0.15) is 23.3 Å². The number of aliphatic carboxylic acids is 1. The number of halogens is 3. The molecule has 9 heteroatoms. The van der Waals surface area contributed by atoms with Gasteiger partial charge in [0, 0.05) is 40.9 Å². The van der Waals surface area contributed by atoms with Crippen molar-refractivity contribution in [1.29, 1.82) is 0 Å². The summed E-state index contributed by atoms with van der Waals surface area (Å²) in [5.41, 5.74) is 1.63. The average molecular weight is 493 g/mol. The maximum atomic E-state index is 14.3. The van der Waals surface area contributed by atoms with Gasteiger partial charge in [0.05, 0.1) is 17.1 Å². The lowest BCUT2D eigenvalue weighted by Gasteiger charge is -2.47. The smallest absolute Gasteiger partial charge is 0.308 e. The van der Waals surface area contributed by atoms with E-state index in [1.54, 1.807) is 18.2 Å². The molecule has 3 aliphatic carbocycles. The van der Waals surface area contributed by atoms with E-state index in [0.29, 0.717) is 22.6 Å². The monoisotopic (exact) mass is 492 g/mol. The number of aromatic nitrogens is 3. The van der Waals surface area contributed by atoms with Crippen molar-refractivity contribution in [2.24, 2.45) is 17.8 Å². The molecule has 2 heterocycles. The highest BCUT2D eigenvalue weighted by molar-refractivity contribution is 5.94. The number of fused-ring (bicyclic) bond motifs is 4. The van der Waals surface area contributed by atoms with Crippen LogP contribution in [0.4, 0.5) is 19.0 Å². The maximum Gasteiger partial charge on any atom is 0.308 e. The summed E-state index contributed by atoms with van der Waals surface area (Å²) in [6, 6.07) is 9.24. The number of aromatic amines is 1. The Labute approximate surface area is 204 Å². The second-order valence-corrected chi connectivity index (χ2v) is 9.69. The van der Waals surface area contributed by atoms with Crippen LogP contribution in [0.2, 0.25) is 0 Å². The Kier molecular flexibility index (Phi) is 5.43. The SMILES string of the molecule is O=C(O)[C@H]1C2CCC(CC2)[C@@H]1Nc1cc(-c2ccc(F)cc2)nc(-c2c[nH]c3c(F)cc(F)cc23)n1. The van der Waals surface area contributed by atoms with Gasteiger partial charge in [-0.05, 0) is 67.9 Å². The van der Waals surface area contributed by atoms with Gasteiger partial charge in [-0.2, -0.15) is 0 Å². The minimum Gasteiger partial charge on any atom is -0.481 e. The molecule has 3 saturated carbocycles. The van der Waals surface area contributed by atoms with Crippen molar-refractivity contribution < 1.29 is 23.1 Å². The predicted molar refractivity (Wildman–Crippen MR) is 129 cm³/mol. The zero-order chi connectivity index (χ0) is 25.0. The fourth-order valence-electron chi connectivity index (χ4n) is 5.93. The number of carboxylic acid groups (broad SMARTS) is 1. The first-order valence-corrected chi connectivity index (χ1v) is 12.0. The summed E-state index contributed by atoms with van der Waals surface area (Å²) in [5.74, 6) is -2.25. The quantitative estimate of drug-likeness (QED) is 0.317. The van der Waals surface area contributed by atoms with E-state index in [2.05, 4.69) is 20.3 Å². The van der Waals surface area contributed by atoms with E-state index in [1.165, 1.54) is 24.4 Å². The highest BCUT2D eigenvalue weighted by Crippen LogP contribution is 2.46. The number of benzene rings is 2. The first kappa shape index (κ1) is 22.6. The molecule has 0 unspecified atom stereocenters. The van der Waals surface area contributed by atoms with E-state index in [9.17, 15) is 23.1 Å². The maximum absolute atomic E-state index is 14.3. The van der Waals surface area contributed by atoms with Gasteiger partial charge in [-0.3, -0.25) is 4.79 Å². The topological polar surface area (TPSA) is 90.9 Å². The van der Waals surface area contributed by atoms with E-state index in [-0.39, 0.29) is 34.6 Å². The zero-order valence-electron chi connectivity index (χ0n) is 19.1. The van der Waals surface area contributed by atoms with Crippen LogP contribution in [-0.2, 0) is 4.79 Å². The Morgan fingerprint density at radius 3 is 2.39 bits per heavy atom. The number of rotatable bonds is 5. The number of carboxylic acids is 1. The summed E-state index contributed by atoms with van der Waals surface area (Å²) >= 11 is 0. The molecule has 0 radical (unpaired) electrons. The van der Waals surface area contributed by atoms with E-state index in [4.69, 9.17) is 0 Å². The van der Waals surface area contributed by atoms with Crippen molar-refractivity contribution in [3.63, 3.8) is 0 Å². The molecule has 0 saturated heterocycles. The molecule has 2 atom stereocenters. The molecule has 3 fully saturated rings. The minimum atomic E-state index is -0.822. The Morgan fingerprint density at radius 1 is 0.944 bits per heavy atom. The van der Waals surface area contributed by atoms with Crippen LogP contribution in [0.25, 0.3) is 33.5 Å². The molecule has 0 aliphatic heterocycles. The largest absolute Gasteiger partial charge is 0.481 e. The van der Waals surface area contributed by atoms with Crippen molar-refractivity contribution in [2.75, 3.05) is 5.32 Å². The summed E-state index contributed by atoms with van der Waals surface area (Å²) in [5, 5.41) is 13.6. The fourth-order valence-corrected chi connectivity index (χ4v) is 5.93. The summed E-state index contributed by atoms with van der Waals surface area (Å²) in [6.45, 7) is 0. The molecule has 36 heavy (non-hydrogen) atoms. The molecule has 2 bridgehead atoms. The van der Waals surface area contributed by atoms with Crippen LogP contribution in [0.15, 0.2) is 48.7 Å². The third kappa shape index (κ3) is 3.88. The lowest BCUT2D eigenvalue weighted by molar-refractivity contribution is -0.148. The Balaban J connectivity index is 1.47. The van der Waals surface area contributed by atoms with Crippen molar-refractivity contribution in [3.8, 4) is 22.6 Å². The standard InChI is InChI=1S/C27H23F3N4O2/c28-16-7-5-13(6-8-16)21-11-22(33-24-15-3-1-14(2-4-15)23(24)27(35)36)34-26(32-21)19-12-31-25-18(19)9-17(29)10-20(25)30/h5-12,14-15,23-24,31H,1-4H2,(H,35,36)(H,32,33,34)/t14?,15?,23-,24-/m0/s1. The Morgan fingerprint density at radius 2 is 1.67 bits per heavy atom. The van der Waals surface area contributed by atoms with Crippen molar-refractivity contribution in [3.05, 3.63) is 66.1 Å². The zero-order valence-corrected chi connectivity index (χ0v) is 19.1. The molecule has 6 nitrogen and oxygen atoms in total. The molecule has 0 spiro atoms. The van der Waals surface area contributed by atoms with Gasteiger partial charge in [0.25, 0.3) is 0 Å². The molecular formula is C27H23F3N4O2. The van der Waals surface area contributed by atoms with Gasteiger partial charge >= 0.3 is 5.97 Å². The minimum absolute atomic E-state index is 0.113. The van der Waals surface area contributed by atoms with E-state index in [1.807, 2.05) is 0 Å². The van der Waals surface area contributed by atoms with Crippen molar-refractivity contribution >= 4 is 22.7 Å². The molecular weight excluding hydrogens is 469 g/mol. The molecule has 4 aromatic rings. The number of hydrogen-bond acceptors (Lipinski definition) is 4. The van der Waals surface area contributed by atoms with Gasteiger partial charge in [0.2, 0.25) is 0 Å². The van der Waals surface area contributed by atoms with Gasteiger partial charge in [-0.25, -0.2) is 23.1 Å². The average Bonchev–Trinajstić information content (AvgIpc) is 3.29. The molecule has 3 aliphatic rings. The molecule has 184 valence electrons. The number of carbonyl (C=O) groups is 1. The summed E-state index contributed by atoms with van der Waals surface area (Å²) < 4.78 is 42.0. The van der Waals surface area contributed by atoms with E-state index >= 15 is 0 Å². The predicted octanol–water partition coefficient (Wildman–Crippen LogP) is 6.01. The van der Waals surface area contributed by atoms with Gasteiger partial charge < -0.3 is 15.4 Å². The summed E-state index contributed by atoms with van der Waals surface area (Å²) in [6.07, 6.45) is 5.24. The second-order valence-electron chi connectivity index (χ2n) is 9.69. The second kappa shape index (κ2) is 8.65.